The van der Waals surface area contributed by atoms with Crippen LogP contribution < -0.4 is 0 Å². The molecule has 5 heteroatoms. The average molecular weight is 198 g/mol. The zero-order chi connectivity index (χ0) is 10.1. The molecule has 78 valence electrons. The van der Waals surface area contributed by atoms with Crippen LogP contribution >= 0.6 is 0 Å². The fraction of sp³-hybridized carbons (Fsp3) is 0.778. The van der Waals surface area contributed by atoms with Crippen LogP contribution in [0.15, 0.2) is 0 Å². The van der Waals surface area contributed by atoms with E-state index in [9.17, 15) is 9.59 Å². The number of esters is 2. The highest BCUT2D eigenvalue weighted by molar-refractivity contribution is 5.90. The molecule has 0 aromatic rings. The zero-order valence-electron chi connectivity index (χ0n) is 8.23. The molecule has 0 saturated carbocycles. The summed E-state index contributed by atoms with van der Waals surface area (Å²) in [6.07, 6.45) is 0. The standard InChI is InChI=1S/C9H14N2O3/c1-10-2-7(3-10)4-11-5-8(12)14-9(13)6-11/h7H,2-6H2,1H3. The van der Waals surface area contributed by atoms with Crippen LogP contribution in [0.4, 0.5) is 0 Å². The molecule has 0 radical (unpaired) electrons. The first kappa shape index (κ1) is 9.61. The normalized spacial score (nSPS) is 26.1. The summed E-state index contributed by atoms with van der Waals surface area (Å²) in [5.41, 5.74) is 0. The Morgan fingerprint density at radius 2 is 1.86 bits per heavy atom. The highest BCUT2D eigenvalue weighted by Crippen LogP contribution is 2.15. The lowest BCUT2D eigenvalue weighted by Crippen LogP contribution is -2.52. The van der Waals surface area contributed by atoms with Gasteiger partial charge in [0.2, 0.25) is 0 Å². The lowest BCUT2D eigenvalue weighted by Gasteiger charge is -2.39. The summed E-state index contributed by atoms with van der Waals surface area (Å²) >= 11 is 0. The van der Waals surface area contributed by atoms with E-state index in [1.54, 1.807) is 0 Å². The van der Waals surface area contributed by atoms with E-state index in [1.807, 2.05) is 4.90 Å². The third-order valence-corrected chi connectivity index (χ3v) is 2.59. The van der Waals surface area contributed by atoms with Crippen LogP contribution in [0, 0.1) is 5.92 Å². The summed E-state index contributed by atoms with van der Waals surface area (Å²) in [5, 5.41) is 0. The van der Waals surface area contributed by atoms with Crippen LogP contribution in [0.2, 0.25) is 0 Å². The van der Waals surface area contributed by atoms with Crippen molar-refractivity contribution < 1.29 is 14.3 Å². The summed E-state index contributed by atoms with van der Waals surface area (Å²) in [6.45, 7) is 3.45. The zero-order valence-corrected chi connectivity index (χ0v) is 8.23. The number of carbonyl (C=O) groups excluding carboxylic acids is 2. The molecular weight excluding hydrogens is 184 g/mol. The Kier molecular flexibility index (Phi) is 2.52. The van der Waals surface area contributed by atoms with Crippen molar-refractivity contribution in [1.82, 2.24) is 9.80 Å². The Morgan fingerprint density at radius 1 is 1.29 bits per heavy atom. The van der Waals surface area contributed by atoms with Gasteiger partial charge >= 0.3 is 11.9 Å². The number of rotatable bonds is 2. The van der Waals surface area contributed by atoms with Gasteiger partial charge in [-0.2, -0.15) is 0 Å². The lowest BCUT2D eigenvalue weighted by molar-refractivity contribution is -0.167. The predicted octanol–water partition coefficient (Wildman–Crippen LogP) is -1.07. The van der Waals surface area contributed by atoms with Crippen molar-refractivity contribution >= 4 is 11.9 Å². The first-order valence-electron chi connectivity index (χ1n) is 4.78. The van der Waals surface area contributed by atoms with E-state index in [0.717, 1.165) is 19.6 Å². The Hall–Kier alpha value is -0.940. The van der Waals surface area contributed by atoms with E-state index < -0.39 is 11.9 Å². The quantitative estimate of drug-likeness (QED) is 0.418. The molecule has 2 fully saturated rings. The number of morpholine rings is 1. The molecule has 2 heterocycles. The van der Waals surface area contributed by atoms with Crippen molar-refractivity contribution in [2.45, 2.75) is 0 Å². The third kappa shape index (κ3) is 2.10. The van der Waals surface area contributed by atoms with Gasteiger partial charge in [0, 0.05) is 19.6 Å². The number of ether oxygens (including phenoxy) is 1. The van der Waals surface area contributed by atoms with Crippen molar-refractivity contribution in [2.24, 2.45) is 5.92 Å². The number of hydrogen-bond donors (Lipinski definition) is 0. The smallest absolute Gasteiger partial charge is 0.327 e. The van der Waals surface area contributed by atoms with Crippen molar-refractivity contribution in [3.05, 3.63) is 0 Å². The first-order chi connectivity index (χ1) is 6.63. The molecule has 2 aliphatic rings. The molecule has 2 saturated heterocycles. The lowest BCUT2D eigenvalue weighted by atomic mass is 10.0. The van der Waals surface area contributed by atoms with Gasteiger partial charge in [-0.3, -0.25) is 14.5 Å². The summed E-state index contributed by atoms with van der Waals surface area (Å²) < 4.78 is 4.44. The second-order valence-corrected chi connectivity index (χ2v) is 4.10. The Morgan fingerprint density at radius 3 is 2.36 bits per heavy atom. The van der Waals surface area contributed by atoms with Gasteiger partial charge in [-0.15, -0.1) is 0 Å². The van der Waals surface area contributed by atoms with E-state index in [2.05, 4.69) is 16.7 Å². The van der Waals surface area contributed by atoms with Gasteiger partial charge in [-0.1, -0.05) is 0 Å². The summed E-state index contributed by atoms with van der Waals surface area (Å²) in [7, 11) is 2.06. The van der Waals surface area contributed by atoms with E-state index in [-0.39, 0.29) is 13.1 Å². The molecule has 14 heavy (non-hydrogen) atoms. The summed E-state index contributed by atoms with van der Waals surface area (Å²) in [4.78, 5) is 26.0. The van der Waals surface area contributed by atoms with Crippen molar-refractivity contribution in [3.63, 3.8) is 0 Å². The minimum absolute atomic E-state index is 0.256. The highest BCUT2D eigenvalue weighted by atomic mass is 16.6. The van der Waals surface area contributed by atoms with E-state index in [1.165, 1.54) is 0 Å². The molecule has 0 bridgehead atoms. The largest absolute Gasteiger partial charge is 0.391 e. The number of carbonyl (C=O) groups is 2. The topological polar surface area (TPSA) is 49.9 Å². The van der Waals surface area contributed by atoms with Gasteiger partial charge in [-0.05, 0) is 13.0 Å². The van der Waals surface area contributed by atoms with Crippen molar-refractivity contribution in [3.8, 4) is 0 Å². The van der Waals surface area contributed by atoms with Gasteiger partial charge in [0.05, 0.1) is 13.1 Å². The number of nitrogens with zero attached hydrogens (tertiary/aromatic N) is 2. The molecule has 0 amide bonds. The van der Waals surface area contributed by atoms with Gasteiger partial charge in [0.1, 0.15) is 0 Å². The Bertz CT molecular complexity index is 245. The molecule has 0 aromatic heterocycles. The van der Waals surface area contributed by atoms with Crippen LogP contribution in [-0.4, -0.2) is 61.5 Å². The molecule has 0 spiro atoms. The van der Waals surface area contributed by atoms with E-state index >= 15 is 0 Å². The molecule has 2 aliphatic heterocycles. The summed E-state index contributed by atoms with van der Waals surface area (Å²) in [6, 6.07) is 0. The number of likely N-dealkylation sites (tertiary alicyclic amines) is 1. The molecule has 0 N–H and O–H groups in total. The molecule has 5 nitrogen and oxygen atoms in total. The first-order valence-corrected chi connectivity index (χ1v) is 4.78. The second kappa shape index (κ2) is 3.67. The van der Waals surface area contributed by atoms with E-state index in [0.29, 0.717) is 5.92 Å². The van der Waals surface area contributed by atoms with Gasteiger partial charge in [0.15, 0.2) is 0 Å². The fourth-order valence-corrected chi connectivity index (χ4v) is 2.05. The highest BCUT2D eigenvalue weighted by Gasteiger charge is 2.30. The Labute approximate surface area is 82.6 Å². The second-order valence-electron chi connectivity index (χ2n) is 4.10. The van der Waals surface area contributed by atoms with Crippen LogP contribution in [0.5, 0.6) is 0 Å². The van der Waals surface area contributed by atoms with Gasteiger partial charge in [0.25, 0.3) is 0 Å². The molecule has 0 atom stereocenters. The Balaban J connectivity index is 1.80. The maximum Gasteiger partial charge on any atom is 0.327 e. The maximum atomic E-state index is 10.9. The monoisotopic (exact) mass is 198 g/mol. The summed E-state index contributed by atoms with van der Waals surface area (Å²) in [5.74, 6) is -0.249. The SMILES string of the molecule is CN1CC(CN2CC(=O)OC(=O)C2)C1. The van der Waals surface area contributed by atoms with Crippen molar-refractivity contribution in [2.75, 3.05) is 39.8 Å². The van der Waals surface area contributed by atoms with E-state index in [4.69, 9.17) is 0 Å². The van der Waals surface area contributed by atoms with Crippen LogP contribution in [0.25, 0.3) is 0 Å². The van der Waals surface area contributed by atoms with Crippen molar-refractivity contribution in [1.29, 1.82) is 0 Å². The molecule has 0 unspecified atom stereocenters. The predicted molar refractivity (Wildman–Crippen MR) is 48.5 cm³/mol. The van der Waals surface area contributed by atoms with Gasteiger partial charge in [-0.25, -0.2) is 0 Å². The number of cyclic esters (lactones) is 2. The van der Waals surface area contributed by atoms with Crippen LogP contribution in [0.3, 0.4) is 0 Å². The van der Waals surface area contributed by atoms with Crippen LogP contribution in [-0.2, 0) is 14.3 Å². The number of hydrogen-bond acceptors (Lipinski definition) is 5. The fourth-order valence-electron chi connectivity index (χ4n) is 2.05. The van der Waals surface area contributed by atoms with Crippen LogP contribution in [0.1, 0.15) is 0 Å². The molecule has 0 aromatic carbocycles. The maximum absolute atomic E-state index is 10.9. The minimum Gasteiger partial charge on any atom is -0.391 e. The molecule has 2 rings (SSSR count). The minimum atomic E-state index is -0.422. The molecular formula is C9H14N2O3. The van der Waals surface area contributed by atoms with Gasteiger partial charge < -0.3 is 9.64 Å². The average Bonchev–Trinajstić information content (AvgIpc) is 1.99. The third-order valence-electron chi connectivity index (χ3n) is 2.59. The molecule has 0 aliphatic carbocycles.